The number of esters is 1. The van der Waals surface area contributed by atoms with Crippen molar-refractivity contribution >= 4 is 46.7 Å². The van der Waals surface area contributed by atoms with Crippen molar-refractivity contribution in [3.05, 3.63) is 58.1 Å². The average molecular weight is 418 g/mol. The normalized spacial score (nSPS) is 21.6. The molecular formula is C21H17Cl2NO4. The summed E-state index contributed by atoms with van der Waals surface area (Å²) in [5.74, 6) is -0.999. The van der Waals surface area contributed by atoms with Gasteiger partial charge in [-0.25, -0.2) is 4.79 Å². The molecule has 4 rings (SSSR count). The first-order valence-corrected chi connectivity index (χ1v) is 9.86. The van der Waals surface area contributed by atoms with Crippen LogP contribution in [0.1, 0.15) is 36.0 Å². The van der Waals surface area contributed by atoms with E-state index in [0.29, 0.717) is 10.7 Å². The highest BCUT2D eigenvalue weighted by Gasteiger charge is 2.48. The first-order chi connectivity index (χ1) is 13.5. The molecule has 0 aromatic heterocycles. The topological polar surface area (TPSA) is 63.7 Å². The molecule has 1 saturated heterocycles. The number of halogens is 2. The van der Waals surface area contributed by atoms with Crippen molar-refractivity contribution in [2.75, 3.05) is 4.90 Å². The second kappa shape index (κ2) is 7.57. The number of benzene rings is 2. The number of amides is 2. The minimum atomic E-state index is -0.617. The third-order valence-corrected chi connectivity index (χ3v) is 5.85. The molecule has 2 aliphatic rings. The van der Waals surface area contributed by atoms with E-state index in [1.807, 2.05) is 0 Å². The van der Waals surface area contributed by atoms with Crippen molar-refractivity contribution in [1.29, 1.82) is 0 Å². The molecule has 1 heterocycles. The minimum absolute atomic E-state index is 0.132. The molecule has 7 heteroatoms. The molecule has 0 spiro atoms. The monoisotopic (exact) mass is 417 g/mol. The van der Waals surface area contributed by atoms with E-state index in [1.165, 1.54) is 17.0 Å². The Kier molecular flexibility index (Phi) is 5.13. The predicted molar refractivity (Wildman–Crippen MR) is 106 cm³/mol. The largest absolute Gasteiger partial charge is 0.423 e. The molecule has 0 bridgehead atoms. The molecule has 0 unspecified atom stereocenters. The van der Waals surface area contributed by atoms with Gasteiger partial charge in [0, 0.05) is 5.02 Å². The van der Waals surface area contributed by atoms with Crippen LogP contribution in [0.3, 0.4) is 0 Å². The molecule has 0 radical (unpaired) electrons. The maximum Gasteiger partial charge on any atom is 0.345 e. The summed E-state index contributed by atoms with van der Waals surface area (Å²) in [6.45, 7) is 0. The van der Waals surface area contributed by atoms with E-state index in [-0.39, 0.29) is 40.0 Å². The lowest BCUT2D eigenvalue weighted by molar-refractivity contribution is -0.122. The number of rotatable bonds is 3. The molecule has 2 aromatic rings. The Morgan fingerprint density at radius 1 is 0.929 bits per heavy atom. The van der Waals surface area contributed by atoms with Gasteiger partial charge in [0.15, 0.2) is 0 Å². The van der Waals surface area contributed by atoms with Gasteiger partial charge in [0.05, 0.1) is 28.1 Å². The Bertz CT molecular complexity index is 933. The van der Waals surface area contributed by atoms with Crippen molar-refractivity contribution < 1.29 is 19.1 Å². The second-order valence-electron chi connectivity index (χ2n) is 7.02. The molecule has 1 saturated carbocycles. The molecule has 28 heavy (non-hydrogen) atoms. The van der Waals surface area contributed by atoms with Gasteiger partial charge in [-0.15, -0.1) is 0 Å². The van der Waals surface area contributed by atoms with Gasteiger partial charge in [-0.2, -0.15) is 0 Å². The Hall–Kier alpha value is -2.37. The van der Waals surface area contributed by atoms with Crippen molar-refractivity contribution in [2.45, 2.75) is 25.7 Å². The third-order valence-electron chi connectivity index (χ3n) is 5.30. The van der Waals surface area contributed by atoms with Crippen LogP contribution in [-0.4, -0.2) is 17.8 Å². The van der Waals surface area contributed by atoms with E-state index in [4.69, 9.17) is 27.9 Å². The third kappa shape index (κ3) is 3.40. The Labute approximate surface area is 172 Å². The molecule has 0 N–H and O–H groups in total. The molecule has 5 nitrogen and oxygen atoms in total. The van der Waals surface area contributed by atoms with Gasteiger partial charge >= 0.3 is 5.97 Å². The molecule has 2 fully saturated rings. The Balaban J connectivity index is 1.50. The number of nitrogens with zero attached hydrogens (tertiary/aromatic N) is 1. The molecule has 2 aromatic carbocycles. The standard InChI is InChI=1S/C21H17Cl2NO4/c22-12-5-10-17(18(23)11-12)21(27)28-14-8-6-13(7-9-14)24-19(25)15-3-1-2-4-16(15)20(24)26/h5-11,15-16H,1-4H2/t15-,16-/m0/s1. The van der Waals surface area contributed by atoms with Crippen LogP contribution in [0, 0.1) is 11.8 Å². The van der Waals surface area contributed by atoms with Gasteiger partial charge in [-0.1, -0.05) is 36.0 Å². The van der Waals surface area contributed by atoms with Crippen LogP contribution in [0.25, 0.3) is 0 Å². The van der Waals surface area contributed by atoms with Gasteiger partial charge in [-0.3, -0.25) is 14.5 Å². The Morgan fingerprint density at radius 2 is 1.54 bits per heavy atom. The van der Waals surface area contributed by atoms with Gasteiger partial charge in [-0.05, 0) is 55.3 Å². The number of hydrogen-bond donors (Lipinski definition) is 0. The summed E-state index contributed by atoms with van der Waals surface area (Å²) in [4.78, 5) is 38.9. The maximum atomic E-state index is 12.7. The Morgan fingerprint density at radius 3 is 2.11 bits per heavy atom. The van der Waals surface area contributed by atoms with Gasteiger partial charge < -0.3 is 4.74 Å². The molecule has 2 amide bonds. The van der Waals surface area contributed by atoms with Gasteiger partial charge in [0.2, 0.25) is 11.8 Å². The summed E-state index contributed by atoms with van der Waals surface area (Å²) in [6.07, 6.45) is 3.50. The van der Waals surface area contributed by atoms with Crippen LogP contribution in [0.15, 0.2) is 42.5 Å². The number of fused-ring (bicyclic) bond motifs is 1. The first kappa shape index (κ1) is 19.0. The highest BCUT2D eigenvalue weighted by atomic mass is 35.5. The number of carbonyl (C=O) groups is 3. The first-order valence-electron chi connectivity index (χ1n) is 9.11. The highest BCUT2D eigenvalue weighted by Crippen LogP contribution is 2.40. The minimum Gasteiger partial charge on any atom is -0.423 e. The summed E-state index contributed by atoms with van der Waals surface area (Å²) in [7, 11) is 0. The van der Waals surface area contributed by atoms with Gasteiger partial charge in [0.25, 0.3) is 0 Å². The van der Waals surface area contributed by atoms with E-state index in [2.05, 4.69) is 0 Å². The fourth-order valence-electron chi connectivity index (χ4n) is 3.90. The quantitative estimate of drug-likeness (QED) is 0.405. The fraction of sp³-hybridized carbons (Fsp3) is 0.286. The van der Waals surface area contributed by atoms with E-state index < -0.39 is 5.97 Å². The fourth-order valence-corrected chi connectivity index (χ4v) is 4.38. The second-order valence-corrected chi connectivity index (χ2v) is 7.86. The van der Waals surface area contributed by atoms with Crippen LogP contribution in [0.4, 0.5) is 5.69 Å². The van der Waals surface area contributed by atoms with Crippen LogP contribution in [0.2, 0.25) is 10.0 Å². The molecule has 1 aliphatic heterocycles. The van der Waals surface area contributed by atoms with Crippen molar-refractivity contribution in [2.24, 2.45) is 11.8 Å². The summed E-state index contributed by atoms with van der Waals surface area (Å²) in [5.41, 5.74) is 0.692. The van der Waals surface area contributed by atoms with E-state index in [9.17, 15) is 14.4 Å². The number of imide groups is 1. The summed E-state index contributed by atoms with van der Waals surface area (Å²) in [6, 6.07) is 10.8. The summed E-state index contributed by atoms with van der Waals surface area (Å²) >= 11 is 11.9. The van der Waals surface area contributed by atoms with Crippen molar-refractivity contribution in [1.82, 2.24) is 0 Å². The van der Waals surface area contributed by atoms with Crippen LogP contribution in [0.5, 0.6) is 5.75 Å². The zero-order valence-electron chi connectivity index (χ0n) is 14.9. The lowest BCUT2D eigenvalue weighted by atomic mass is 9.81. The average Bonchev–Trinajstić information content (AvgIpc) is 2.93. The SMILES string of the molecule is O=C(Oc1ccc(N2C(=O)[C@H]3CCCC[C@@H]3C2=O)cc1)c1ccc(Cl)cc1Cl. The number of hydrogen-bond acceptors (Lipinski definition) is 4. The zero-order chi connectivity index (χ0) is 19.8. The zero-order valence-corrected chi connectivity index (χ0v) is 16.4. The molecule has 1 aliphatic carbocycles. The summed E-state index contributed by atoms with van der Waals surface area (Å²) in [5, 5.41) is 0.622. The predicted octanol–water partition coefficient (Wildman–Crippen LogP) is 4.89. The van der Waals surface area contributed by atoms with Crippen molar-refractivity contribution in [3.63, 3.8) is 0 Å². The number of carbonyl (C=O) groups excluding carboxylic acids is 3. The maximum absolute atomic E-state index is 12.7. The highest BCUT2D eigenvalue weighted by molar-refractivity contribution is 6.36. The lowest BCUT2D eigenvalue weighted by Crippen LogP contribution is -2.30. The molecule has 144 valence electrons. The summed E-state index contributed by atoms with van der Waals surface area (Å²) < 4.78 is 5.33. The molecular weight excluding hydrogens is 401 g/mol. The number of ether oxygens (including phenoxy) is 1. The van der Waals surface area contributed by atoms with E-state index >= 15 is 0 Å². The molecule has 2 atom stereocenters. The van der Waals surface area contributed by atoms with Crippen LogP contribution >= 0.6 is 23.2 Å². The van der Waals surface area contributed by atoms with Crippen LogP contribution < -0.4 is 9.64 Å². The van der Waals surface area contributed by atoms with Crippen LogP contribution in [-0.2, 0) is 9.59 Å². The smallest absolute Gasteiger partial charge is 0.345 e. The van der Waals surface area contributed by atoms with Crippen molar-refractivity contribution in [3.8, 4) is 5.75 Å². The number of anilines is 1. The van der Waals surface area contributed by atoms with E-state index in [0.717, 1.165) is 25.7 Å². The van der Waals surface area contributed by atoms with E-state index in [1.54, 1.807) is 30.3 Å². The lowest BCUT2D eigenvalue weighted by Gasteiger charge is -2.19. The van der Waals surface area contributed by atoms with Gasteiger partial charge in [0.1, 0.15) is 5.75 Å².